The standard InChI is InChI=1S/C25H22N4O5/c1-32-18-9-11-20(12-10-18)34-25-22(8-5-15-26-25)27-24(31)21-13-14-23(30)29(28-21)16-17-33-19-6-3-2-4-7-19/h2-15H,16-17H2,1H3,(H,27,31). The third-order valence-electron chi connectivity index (χ3n) is 4.71. The van der Waals surface area contributed by atoms with Gasteiger partial charge < -0.3 is 19.5 Å². The van der Waals surface area contributed by atoms with Crippen LogP contribution in [0.15, 0.2) is 89.9 Å². The predicted octanol–water partition coefficient (Wildman–Crippen LogP) is 3.77. The topological polar surface area (TPSA) is 105 Å². The normalized spacial score (nSPS) is 10.4. The highest BCUT2D eigenvalue weighted by Gasteiger charge is 2.14. The molecular weight excluding hydrogens is 436 g/mol. The SMILES string of the molecule is COc1ccc(Oc2ncccc2NC(=O)c2ccc(=O)n(CCOc3ccccc3)n2)cc1. The van der Waals surface area contributed by atoms with Gasteiger partial charge in [0, 0.05) is 12.3 Å². The molecule has 0 spiro atoms. The number of pyridine rings is 1. The van der Waals surface area contributed by atoms with E-state index in [0.717, 1.165) is 0 Å². The highest BCUT2D eigenvalue weighted by molar-refractivity contribution is 6.03. The number of amides is 1. The van der Waals surface area contributed by atoms with Crippen LogP contribution in [0.3, 0.4) is 0 Å². The molecule has 172 valence electrons. The minimum Gasteiger partial charge on any atom is -0.497 e. The molecule has 0 atom stereocenters. The Morgan fingerprint density at radius 1 is 0.912 bits per heavy atom. The Morgan fingerprint density at radius 3 is 2.44 bits per heavy atom. The van der Waals surface area contributed by atoms with Gasteiger partial charge in [-0.3, -0.25) is 9.59 Å². The molecular formula is C25H22N4O5. The van der Waals surface area contributed by atoms with Crippen LogP contribution in [0.2, 0.25) is 0 Å². The van der Waals surface area contributed by atoms with E-state index in [-0.39, 0.29) is 30.3 Å². The van der Waals surface area contributed by atoms with E-state index in [2.05, 4.69) is 15.4 Å². The summed E-state index contributed by atoms with van der Waals surface area (Å²) in [5.41, 5.74) is 0.0898. The molecule has 0 unspecified atom stereocenters. The number of nitrogens with zero attached hydrogens (tertiary/aromatic N) is 3. The summed E-state index contributed by atoms with van der Waals surface area (Å²) in [6.45, 7) is 0.415. The molecule has 9 heteroatoms. The first-order valence-corrected chi connectivity index (χ1v) is 10.5. The molecule has 0 fully saturated rings. The van der Waals surface area contributed by atoms with E-state index in [0.29, 0.717) is 22.9 Å². The Labute approximate surface area is 195 Å². The van der Waals surface area contributed by atoms with Crippen LogP contribution < -0.4 is 25.1 Å². The molecule has 0 bridgehead atoms. The minimum atomic E-state index is -0.509. The molecule has 9 nitrogen and oxygen atoms in total. The van der Waals surface area contributed by atoms with E-state index in [4.69, 9.17) is 14.2 Å². The maximum Gasteiger partial charge on any atom is 0.276 e. The van der Waals surface area contributed by atoms with Crippen molar-refractivity contribution in [1.29, 1.82) is 0 Å². The van der Waals surface area contributed by atoms with Crippen LogP contribution in [0, 0.1) is 0 Å². The summed E-state index contributed by atoms with van der Waals surface area (Å²) in [5.74, 6) is 1.61. The number of aromatic nitrogens is 3. The number of benzene rings is 2. The van der Waals surface area contributed by atoms with Crippen LogP contribution in [0.1, 0.15) is 10.5 Å². The molecule has 34 heavy (non-hydrogen) atoms. The van der Waals surface area contributed by atoms with Crippen LogP contribution in [-0.4, -0.2) is 34.4 Å². The fraction of sp³-hybridized carbons (Fsp3) is 0.120. The van der Waals surface area contributed by atoms with Crippen molar-refractivity contribution >= 4 is 11.6 Å². The summed E-state index contributed by atoms with van der Waals surface area (Å²) in [5, 5.41) is 6.91. The monoisotopic (exact) mass is 458 g/mol. The fourth-order valence-corrected chi connectivity index (χ4v) is 3.01. The number of hydrogen-bond acceptors (Lipinski definition) is 7. The molecule has 1 amide bonds. The van der Waals surface area contributed by atoms with Gasteiger partial charge in [-0.2, -0.15) is 5.10 Å². The van der Waals surface area contributed by atoms with Crippen LogP contribution in [0.25, 0.3) is 0 Å². The lowest BCUT2D eigenvalue weighted by Gasteiger charge is -2.12. The second kappa shape index (κ2) is 10.8. The summed E-state index contributed by atoms with van der Waals surface area (Å²) in [7, 11) is 1.58. The van der Waals surface area contributed by atoms with E-state index in [1.165, 1.54) is 16.8 Å². The van der Waals surface area contributed by atoms with Gasteiger partial charge in [-0.1, -0.05) is 18.2 Å². The third kappa shape index (κ3) is 5.77. The largest absolute Gasteiger partial charge is 0.497 e. The van der Waals surface area contributed by atoms with Crippen LogP contribution in [0.5, 0.6) is 23.1 Å². The second-order valence-electron chi connectivity index (χ2n) is 7.03. The lowest BCUT2D eigenvalue weighted by atomic mass is 10.3. The molecule has 0 aliphatic carbocycles. The third-order valence-corrected chi connectivity index (χ3v) is 4.71. The van der Waals surface area contributed by atoms with Gasteiger partial charge in [-0.05, 0) is 54.6 Å². The Morgan fingerprint density at radius 2 is 1.68 bits per heavy atom. The van der Waals surface area contributed by atoms with Gasteiger partial charge >= 0.3 is 0 Å². The molecule has 1 N–H and O–H groups in total. The van der Waals surface area contributed by atoms with Gasteiger partial charge in [0.05, 0.1) is 13.7 Å². The molecule has 4 rings (SSSR count). The molecule has 0 radical (unpaired) electrons. The van der Waals surface area contributed by atoms with E-state index in [9.17, 15) is 9.59 Å². The maximum atomic E-state index is 12.8. The quantitative estimate of drug-likeness (QED) is 0.407. The molecule has 0 aliphatic rings. The van der Waals surface area contributed by atoms with E-state index in [1.807, 2.05) is 30.3 Å². The molecule has 0 saturated heterocycles. The zero-order valence-corrected chi connectivity index (χ0v) is 18.4. The van der Waals surface area contributed by atoms with Gasteiger partial charge in [0.15, 0.2) is 0 Å². The van der Waals surface area contributed by atoms with Crippen LogP contribution in [-0.2, 0) is 6.54 Å². The first-order chi connectivity index (χ1) is 16.6. The summed E-state index contributed by atoms with van der Waals surface area (Å²) >= 11 is 0. The molecule has 2 heterocycles. The number of carbonyl (C=O) groups is 1. The van der Waals surface area contributed by atoms with Gasteiger partial charge in [0.25, 0.3) is 11.5 Å². The van der Waals surface area contributed by atoms with Crippen molar-refractivity contribution < 1.29 is 19.0 Å². The lowest BCUT2D eigenvalue weighted by molar-refractivity contribution is 0.101. The van der Waals surface area contributed by atoms with E-state index >= 15 is 0 Å². The average Bonchev–Trinajstić information content (AvgIpc) is 2.87. The van der Waals surface area contributed by atoms with Gasteiger partial charge in [0.2, 0.25) is 5.88 Å². The molecule has 2 aromatic carbocycles. The zero-order valence-electron chi connectivity index (χ0n) is 18.4. The van der Waals surface area contributed by atoms with Crippen molar-refractivity contribution in [2.45, 2.75) is 6.54 Å². The highest BCUT2D eigenvalue weighted by Crippen LogP contribution is 2.28. The fourth-order valence-electron chi connectivity index (χ4n) is 3.01. The number of nitrogens with one attached hydrogen (secondary N) is 1. The molecule has 0 aliphatic heterocycles. The number of ether oxygens (including phenoxy) is 3. The van der Waals surface area contributed by atoms with Crippen molar-refractivity contribution in [3.05, 3.63) is 101 Å². The maximum absolute atomic E-state index is 12.8. The summed E-state index contributed by atoms with van der Waals surface area (Å²) in [4.78, 5) is 29.2. The van der Waals surface area contributed by atoms with Crippen LogP contribution in [0.4, 0.5) is 5.69 Å². The number of anilines is 1. The number of carbonyl (C=O) groups excluding carboxylic acids is 1. The van der Waals surface area contributed by atoms with Crippen molar-refractivity contribution in [2.75, 3.05) is 19.0 Å². The number of para-hydroxylation sites is 1. The number of rotatable bonds is 9. The van der Waals surface area contributed by atoms with Crippen molar-refractivity contribution in [2.24, 2.45) is 0 Å². The first-order valence-electron chi connectivity index (χ1n) is 10.5. The van der Waals surface area contributed by atoms with E-state index in [1.54, 1.807) is 49.7 Å². The summed E-state index contributed by atoms with van der Waals surface area (Å²) in [6, 6.07) is 22.2. The number of methoxy groups -OCH3 is 1. The van der Waals surface area contributed by atoms with Gasteiger partial charge in [-0.25, -0.2) is 9.67 Å². The Kier molecular flexibility index (Phi) is 7.14. The smallest absolute Gasteiger partial charge is 0.276 e. The average molecular weight is 458 g/mol. The predicted molar refractivity (Wildman–Crippen MR) is 126 cm³/mol. The van der Waals surface area contributed by atoms with Gasteiger partial charge in [0.1, 0.15) is 35.2 Å². The summed E-state index contributed by atoms with van der Waals surface area (Å²) < 4.78 is 17.8. The van der Waals surface area contributed by atoms with Crippen molar-refractivity contribution in [3.8, 4) is 23.1 Å². The van der Waals surface area contributed by atoms with Gasteiger partial charge in [-0.15, -0.1) is 0 Å². The number of hydrogen-bond donors (Lipinski definition) is 1. The first kappa shape index (κ1) is 22.5. The zero-order chi connectivity index (χ0) is 23.8. The molecule has 4 aromatic rings. The van der Waals surface area contributed by atoms with Crippen molar-refractivity contribution in [1.82, 2.24) is 14.8 Å². The molecule has 2 aromatic heterocycles. The lowest BCUT2D eigenvalue weighted by Crippen LogP contribution is -2.28. The van der Waals surface area contributed by atoms with E-state index < -0.39 is 5.91 Å². The molecule has 0 saturated carbocycles. The Hall–Kier alpha value is -4.66. The Balaban J connectivity index is 1.44. The minimum absolute atomic E-state index is 0.0681. The van der Waals surface area contributed by atoms with Crippen molar-refractivity contribution in [3.63, 3.8) is 0 Å². The van der Waals surface area contributed by atoms with Crippen LogP contribution >= 0.6 is 0 Å². The summed E-state index contributed by atoms with van der Waals surface area (Å²) in [6.07, 6.45) is 1.56. The highest BCUT2D eigenvalue weighted by atomic mass is 16.5. The second-order valence-corrected chi connectivity index (χ2v) is 7.03. The Bertz CT molecular complexity index is 1310.